The first-order valence-electron chi connectivity index (χ1n) is 7.49. The van der Waals surface area contributed by atoms with Crippen LogP contribution in [0.4, 0.5) is 5.69 Å². The highest BCUT2D eigenvalue weighted by atomic mass is 32.1. The maximum atomic E-state index is 12.2. The molecule has 3 rings (SSSR count). The molecule has 120 valence electrons. The molecule has 1 N–H and O–H groups in total. The van der Waals surface area contributed by atoms with Gasteiger partial charge in [-0.15, -0.1) is 0 Å². The average Bonchev–Trinajstić information content (AvgIpc) is 3.16. The molecule has 0 fully saturated rings. The highest BCUT2D eigenvalue weighted by Gasteiger charge is 2.17. The molecule has 0 atom stereocenters. The van der Waals surface area contributed by atoms with Crippen molar-refractivity contribution in [2.45, 2.75) is 6.54 Å². The van der Waals surface area contributed by atoms with E-state index in [0.29, 0.717) is 11.7 Å². The van der Waals surface area contributed by atoms with Crippen LogP contribution in [0.1, 0.15) is 16.1 Å². The zero-order valence-electron chi connectivity index (χ0n) is 12.9. The second-order valence-electron chi connectivity index (χ2n) is 5.14. The number of rotatable bonds is 4. The van der Waals surface area contributed by atoms with Gasteiger partial charge in [0, 0.05) is 5.69 Å². The molecule has 24 heavy (non-hydrogen) atoms. The van der Waals surface area contributed by atoms with Crippen molar-refractivity contribution in [1.82, 2.24) is 5.32 Å². The van der Waals surface area contributed by atoms with Crippen molar-refractivity contribution in [3.63, 3.8) is 0 Å². The predicted octanol–water partition coefficient (Wildman–Crippen LogP) is 4.00. The molecule has 1 aromatic heterocycles. The van der Waals surface area contributed by atoms with Crippen LogP contribution < -0.4 is 10.2 Å². The molecule has 1 heterocycles. The van der Waals surface area contributed by atoms with Gasteiger partial charge in [-0.1, -0.05) is 48.5 Å². The Bertz CT molecular complexity index is 802. The molecule has 0 bridgehead atoms. The van der Waals surface area contributed by atoms with Gasteiger partial charge in [-0.05, 0) is 42.0 Å². The van der Waals surface area contributed by atoms with Gasteiger partial charge in [0.25, 0.3) is 5.91 Å². The molecule has 0 aliphatic rings. The second kappa shape index (κ2) is 7.57. The van der Waals surface area contributed by atoms with E-state index in [0.717, 1.165) is 11.3 Å². The highest BCUT2D eigenvalue weighted by molar-refractivity contribution is 7.80. The summed E-state index contributed by atoms with van der Waals surface area (Å²) in [6.07, 6.45) is 1.46. The molecule has 0 saturated carbocycles. The SMILES string of the molecule is O=C(NC(=S)N(Cc1ccccc1)c1ccccc1)c1ccco1. The number of carbonyl (C=O) groups is 1. The molecule has 3 aromatic rings. The third kappa shape index (κ3) is 3.88. The standard InChI is InChI=1S/C19H16N2O2S/c22-18(17-12-7-13-23-17)20-19(24)21(16-10-5-2-6-11-16)14-15-8-3-1-4-9-15/h1-13H,14H2,(H,20,22,24). The fourth-order valence-electron chi connectivity index (χ4n) is 2.29. The summed E-state index contributed by atoms with van der Waals surface area (Å²) < 4.78 is 5.11. The van der Waals surface area contributed by atoms with Crippen LogP contribution >= 0.6 is 12.2 Å². The van der Waals surface area contributed by atoms with Crippen molar-refractivity contribution < 1.29 is 9.21 Å². The van der Waals surface area contributed by atoms with Gasteiger partial charge >= 0.3 is 0 Å². The summed E-state index contributed by atoms with van der Waals surface area (Å²) >= 11 is 5.46. The van der Waals surface area contributed by atoms with E-state index in [1.54, 1.807) is 12.1 Å². The van der Waals surface area contributed by atoms with E-state index >= 15 is 0 Å². The summed E-state index contributed by atoms with van der Waals surface area (Å²) in [5, 5.41) is 3.05. The minimum absolute atomic E-state index is 0.227. The van der Waals surface area contributed by atoms with Crippen LogP contribution in [0.5, 0.6) is 0 Å². The Morgan fingerprint density at radius 1 is 0.958 bits per heavy atom. The Labute approximate surface area is 145 Å². The Kier molecular flexibility index (Phi) is 5.03. The lowest BCUT2D eigenvalue weighted by Gasteiger charge is -2.25. The van der Waals surface area contributed by atoms with Crippen molar-refractivity contribution >= 4 is 28.9 Å². The Hall–Kier alpha value is -2.92. The number of benzene rings is 2. The van der Waals surface area contributed by atoms with Gasteiger partial charge in [-0.25, -0.2) is 0 Å². The van der Waals surface area contributed by atoms with Crippen LogP contribution in [0.3, 0.4) is 0 Å². The van der Waals surface area contributed by atoms with Gasteiger partial charge in [0.05, 0.1) is 12.8 Å². The lowest BCUT2D eigenvalue weighted by Crippen LogP contribution is -2.42. The molecule has 2 aromatic carbocycles. The number of nitrogens with one attached hydrogen (secondary N) is 1. The summed E-state index contributed by atoms with van der Waals surface area (Å²) in [4.78, 5) is 14.1. The summed E-state index contributed by atoms with van der Waals surface area (Å²) in [7, 11) is 0. The lowest BCUT2D eigenvalue weighted by atomic mass is 10.2. The molecule has 0 spiro atoms. The highest BCUT2D eigenvalue weighted by Crippen LogP contribution is 2.17. The second-order valence-corrected chi connectivity index (χ2v) is 5.53. The molecule has 0 unspecified atom stereocenters. The topological polar surface area (TPSA) is 45.5 Å². The lowest BCUT2D eigenvalue weighted by molar-refractivity contribution is 0.0950. The fraction of sp³-hybridized carbons (Fsp3) is 0.0526. The average molecular weight is 336 g/mol. The van der Waals surface area contributed by atoms with Crippen molar-refractivity contribution in [3.05, 3.63) is 90.4 Å². The molecule has 0 aliphatic carbocycles. The van der Waals surface area contributed by atoms with E-state index in [-0.39, 0.29) is 11.7 Å². The Balaban J connectivity index is 1.81. The van der Waals surface area contributed by atoms with Crippen LogP contribution in [0.15, 0.2) is 83.5 Å². The largest absolute Gasteiger partial charge is 0.459 e. The van der Waals surface area contributed by atoms with Crippen molar-refractivity contribution in [2.75, 3.05) is 4.90 Å². The van der Waals surface area contributed by atoms with E-state index in [4.69, 9.17) is 16.6 Å². The number of anilines is 1. The molecule has 4 nitrogen and oxygen atoms in total. The van der Waals surface area contributed by atoms with E-state index in [9.17, 15) is 4.79 Å². The van der Waals surface area contributed by atoms with Gasteiger partial charge in [0.2, 0.25) is 0 Å². The number of nitrogens with zero attached hydrogens (tertiary/aromatic N) is 1. The first kappa shape index (κ1) is 16.0. The Morgan fingerprint density at radius 3 is 2.25 bits per heavy atom. The first-order chi connectivity index (χ1) is 11.7. The van der Waals surface area contributed by atoms with Crippen LogP contribution in [-0.2, 0) is 6.54 Å². The summed E-state index contributed by atoms with van der Waals surface area (Å²) in [6.45, 7) is 0.558. The number of hydrogen-bond donors (Lipinski definition) is 1. The van der Waals surface area contributed by atoms with Crippen LogP contribution in [-0.4, -0.2) is 11.0 Å². The quantitative estimate of drug-likeness (QED) is 0.732. The third-order valence-electron chi connectivity index (χ3n) is 3.46. The Morgan fingerprint density at radius 2 is 1.62 bits per heavy atom. The number of thiocarbonyl (C=S) groups is 1. The zero-order chi connectivity index (χ0) is 16.8. The summed E-state index contributed by atoms with van der Waals surface area (Å²) in [5.74, 6) is -0.135. The van der Waals surface area contributed by atoms with Crippen molar-refractivity contribution in [3.8, 4) is 0 Å². The molecule has 5 heteroatoms. The predicted molar refractivity (Wildman–Crippen MR) is 97.8 cm³/mol. The molecule has 0 radical (unpaired) electrons. The number of para-hydroxylation sites is 1. The molecule has 0 aliphatic heterocycles. The van der Waals surface area contributed by atoms with E-state index in [2.05, 4.69) is 5.32 Å². The maximum Gasteiger partial charge on any atom is 0.293 e. The number of carbonyl (C=O) groups excluding carboxylic acids is 1. The van der Waals surface area contributed by atoms with Crippen LogP contribution in [0.25, 0.3) is 0 Å². The minimum atomic E-state index is -0.362. The van der Waals surface area contributed by atoms with E-state index in [1.807, 2.05) is 65.6 Å². The number of furan rings is 1. The first-order valence-corrected chi connectivity index (χ1v) is 7.90. The van der Waals surface area contributed by atoms with Gasteiger partial charge in [0.1, 0.15) is 0 Å². The van der Waals surface area contributed by atoms with E-state index < -0.39 is 0 Å². The van der Waals surface area contributed by atoms with Gasteiger partial charge in [-0.2, -0.15) is 0 Å². The smallest absolute Gasteiger partial charge is 0.293 e. The van der Waals surface area contributed by atoms with Crippen LogP contribution in [0.2, 0.25) is 0 Å². The van der Waals surface area contributed by atoms with Crippen molar-refractivity contribution in [2.24, 2.45) is 0 Å². The minimum Gasteiger partial charge on any atom is -0.459 e. The van der Waals surface area contributed by atoms with E-state index in [1.165, 1.54) is 6.26 Å². The summed E-state index contributed by atoms with van der Waals surface area (Å²) in [6, 6.07) is 22.9. The monoisotopic (exact) mass is 336 g/mol. The zero-order valence-corrected chi connectivity index (χ0v) is 13.7. The van der Waals surface area contributed by atoms with Gasteiger partial charge < -0.3 is 9.32 Å². The normalized spacial score (nSPS) is 10.2. The molecular formula is C19H16N2O2S. The third-order valence-corrected chi connectivity index (χ3v) is 3.78. The summed E-state index contributed by atoms with van der Waals surface area (Å²) in [5.41, 5.74) is 2.00. The van der Waals surface area contributed by atoms with Crippen LogP contribution in [0, 0.1) is 0 Å². The fourth-order valence-corrected chi connectivity index (χ4v) is 2.55. The molecule has 0 saturated heterocycles. The van der Waals surface area contributed by atoms with Gasteiger partial charge in [0.15, 0.2) is 10.9 Å². The van der Waals surface area contributed by atoms with Crippen molar-refractivity contribution in [1.29, 1.82) is 0 Å². The molecule has 1 amide bonds. The maximum absolute atomic E-state index is 12.2. The molecular weight excluding hydrogens is 320 g/mol. The van der Waals surface area contributed by atoms with Gasteiger partial charge in [-0.3, -0.25) is 10.1 Å². The number of amides is 1. The number of hydrogen-bond acceptors (Lipinski definition) is 3.